The quantitative estimate of drug-likeness (QED) is 0.284. The zero-order chi connectivity index (χ0) is 29.1. The van der Waals surface area contributed by atoms with Crippen LogP contribution in [0.15, 0.2) is 47.6 Å². The van der Waals surface area contributed by atoms with Gasteiger partial charge in [-0.15, -0.1) is 0 Å². The van der Waals surface area contributed by atoms with Gasteiger partial charge in [0.15, 0.2) is 0 Å². The summed E-state index contributed by atoms with van der Waals surface area (Å²) in [6, 6.07) is 3.02. The second-order valence-electron chi connectivity index (χ2n) is 11.7. The number of amides is 3. The summed E-state index contributed by atoms with van der Waals surface area (Å²) in [5, 5.41) is 19.9. The van der Waals surface area contributed by atoms with E-state index in [9.17, 15) is 9.59 Å². The smallest absolute Gasteiger partial charge is 0.320 e. The van der Waals surface area contributed by atoms with E-state index >= 15 is 4.39 Å². The molecule has 9 heteroatoms. The lowest BCUT2D eigenvalue weighted by molar-refractivity contribution is 0.0917. The summed E-state index contributed by atoms with van der Waals surface area (Å²) in [7, 11) is 0. The lowest BCUT2D eigenvalue weighted by Crippen LogP contribution is -2.48. The van der Waals surface area contributed by atoms with Crippen molar-refractivity contribution in [3.8, 4) is 0 Å². The topological polar surface area (TPSA) is 104 Å². The molecule has 219 valence electrons. The van der Waals surface area contributed by atoms with Crippen LogP contribution < -0.4 is 5.32 Å². The minimum Gasteiger partial charge on any atom is -0.343 e. The van der Waals surface area contributed by atoms with Crippen molar-refractivity contribution in [1.82, 2.24) is 20.0 Å². The standard InChI is InChI=1S/C32H40FN6O2.H2/c1-3-14-37(16-11-22-9-10-22)31(41)38-17-12-23-19-27(33)26(18-25(23)21-38)30(40)36-32(2)13-6-7-24(20-32)29(35)39-15-5-4-8-28(39)34;/h6-7,9-10,13,18-19,34-35H,3-5,8,11-12,14-17,20-21H2,1-2H3,(H,36,40);1H. The number of nitrogens with zero attached hydrogens (tertiary/aromatic N) is 3. The predicted octanol–water partition coefficient (Wildman–Crippen LogP) is 5.61. The van der Waals surface area contributed by atoms with Crippen LogP contribution in [0.2, 0.25) is 0 Å². The van der Waals surface area contributed by atoms with Crippen LogP contribution in [0, 0.1) is 23.1 Å². The van der Waals surface area contributed by atoms with Gasteiger partial charge in [-0.25, -0.2) is 9.18 Å². The van der Waals surface area contributed by atoms with E-state index in [-0.39, 0.29) is 18.9 Å². The maximum atomic E-state index is 15.2. The molecule has 41 heavy (non-hydrogen) atoms. The number of carbonyl (C=O) groups is 2. The van der Waals surface area contributed by atoms with Crippen molar-refractivity contribution in [2.75, 3.05) is 26.2 Å². The highest BCUT2D eigenvalue weighted by molar-refractivity contribution is 6.07. The van der Waals surface area contributed by atoms with Crippen LogP contribution in [-0.4, -0.2) is 70.0 Å². The Bertz CT molecular complexity index is 1350. The summed E-state index contributed by atoms with van der Waals surface area (Å²) in [5.74, 6) is -0.367. The number of fused-ring (bicyclic) bond motifs is 1. The van der Waals surface area contributed by atoms with Gasteiger partial charge in [0.1, 0.15) is 17.5 Å². The Morgan fingerprint density at radius 2 is 1.95 bits per heavy atom. The van der Waals surface area contributed by atoms with Crippen molar-refractivity contribution in [2.45, 2.75) is 70.9 Å². The maximum absolute atomic E-state index is 15.2. The summed E-state index contributed by atoms with van der Waals surface area (Å²) in [6.07, 6.45) is 14.9. The molecule has 2 aliphatic heterocycles. The highest BCUT2D eigenvalue weighted by Crippen LogP contribution is 2.29. The zero-order valence-electron chi connectivity index (χ0n) is 24.1. The Labute approximate surface area is 243 Å². The van der Waals surface area contributed by atoms with E-state index in [1.165, 1.54) is 11.6 Å². The van der Waals surface area contributed by atoms with Crippen LogP contribution in [-0.2, 0) is 13.0 Å². The zero-order valence-corrected chi connectivity index (χ0v) is 24.1. The molecular formula is C32H42FN6O2. The van der Waals surface area contributed by atoms with Gasteiger partial charge in [0.2, 0.25) is 0 Å². The molecule has 0 bridgehead atoms. The molecule has 1 saturated heterocycles. The van der Waals surface area contributed by atoms with Gasteiger partial charge in [-0.2, -0.15) is 0 Å². The fourth-order valence-electron chi connectivity index (χ4n) is 5.90. The van der Waals surface area contributed by atoms with E-state index < -0.39 is 17.3 Å². The Morgan fingerprint density at radius 3 is 2.68 bits per heavy atom. The average Bonchev–Trinajstić information content (AvgIpc) is 3.78. The van der Waals surface area contributed by atoms with Gasteiger partial charge in [-0.1, -0.05) is 36.8 Å². The third-order valence-electron chi connectivity index (χ3n) is 8.32. The van der Waals surface area contributed by atoms with Gasteiger partial charge in [0, 0.05) is 53.4 Å². The van der Waals surface area contributed by atoms with Gasteiger partial charge in [-0.05, 0) is 67.9 Å². The first-order chi connectivity index (χ1) is 19.7. The third-order valence-corrected chi connectivity index (χ3v) is 8.32. The molecule has 0 spiro atoms. The number of benzene rings is 1. The van der Waals surface area contributed by atoms with Crippen LogP contribution >= 0.6 is 0 Å². The first kappa shape index (κ1) is 28.8. The molecule has 8 nitrogen and oxygen atoms in total. The van der Waals surface area contributed by atoms with Crippen LogP contribution in [0.25, 0.3) is 0 Å². The molecule has 0 saturated carbocycles. The normalized spacial score (nSPS) is 21.6. The van der Waals surface area contributed by atoms with E-state index in [1.807, 2.05) is 30.1 Å². The minimum atomic E-state index is -0.815. The van der Waals surface area contributed by atoms with Crippen molar-refractivity contribution in [2.24, 2.45) is 0 Å². The fourth-order valence-corrected chi connectivity index (χ4v) is 5.90. The highest BCUT2D eigenvalue weighted by atomic mass is 19.1. The number of halogens is 1. The number of hydrogen-bond acceptors (Lipinski definition) is 4. The van der Waals surface area contributed by atoms with Crippen molar-refractivity contribution in [1.29, 1.82) is 10.8 Å². The number of piperidine rings is 1. The van der Waals surface area contributed by atoms with Gasteiger partial charge in [-0.3, -0.25) is 15.6 Å². The van der Waals surface area contributed by atoms with Crippen molar-refractivity contribution < 1.29 is 15.4 Å². The summed E-state index contributed by atoms with van der Waals surface area (Å²) in [5.41, 5.74) is 2.77. The number of nitrogens with one attached hydrogen (secondary N) is 3. The minimum absolute atomic E-state index is 0. The molecule has 3 amide bonds. The molecule has 5 rings (SSSR count). The van der Waals surface area contributed by atoms with Gasteiger partial charge in [0.25, 0.3) is 5.91 Å². The predicted molar refractivity (Wildman–Crippen MR) is 161 cm³/mol. The summed E-state index contributed by atoms with van der Waals surface area (Å²) in [4.78, 5) is 32.2. The van der Waals surface area contributed by atoms with Gasteiger partial charge < -0.3 is 20.0 Å². The van der Waals surface area contributed by atoms with Crippen molar-refractivity contribution in [3.63, 3.8) is 0 Å². The van der Waals surface area contributed by atoms with Crippen molar-refractivity contribution in [3.05, 3.63) is 76.5 Å². The average molecular weight is 562 g/mol. The Morgan fingerprint density at radius 1 is 1.15 bits per heavy atom. The Hall–Kier alpha value is -3.75. The molecule has 3 N–H and O–H groups in total. The van der Waals surface area contributed by atoms with Gasteiger partial charge in [0.05, 0.1) is 11.1 Å². The van der Waals surface area contributed by atoms with E-state index in [0.29, 0.717) is 57.8 Å². The number of allylic oxidation sites excluding steroid dienone is 3. The lowest BCUT2D eigenvalue weighted by Gasteiger charge is -2.36. The molecule has 0 aromatic heterocycles. The molecule has 1 radical (unpaired) electrons. The van der Waals surface area contributed by atoms with Crippen LogP contribution in [0.3, 0.4) is 0 Å². The Balaban J connectivity index is 0.00000405. The summed E-state index contributed by atoms with van der Waals surface area (Å²) in [6.45, 7) is 6.79. The Kier molecular flexibility index (Phi) is 8.42. The van der Waals surface area contributed by atoms with Crippen LogP contribution in [0.4, 0.5) is 9.18 Å². The van der Waals surface area contributed by atoms with Gasteiger partial charge >= 0.3 is 6.03 Å². The molecule has 1 aromatic rings. The highest BCUT2D eigenvalue weighted by Gasteiger charge is 2.33. The van der Waals surface area contributed by atoms with E-state index in [2.05, 4.69) is 24.7 Å². The number of amidine groups is 2. The molecule has 1 unspecified atom stereocenters. The maximum Gasteiger partial charge on any atom is 0.320 e. The molecule has 2 heterocycles. The fraction of sp³-hybridized carbons (Fsp3) is 0.469. The van der Waals surface area contributed by atoms with Crippen molar-refractivity contribution >= 4 is 23.6 Å². The monoisotopic (exact) mass is 561 g/mol. The first-order valence-corrected chi connectivity index (χ1v) is 14.7. The van der Waals surface area contributed by atoms with E-state index in [0.717, 1.165) is 42.4 Å². The van der Waals surface area contributed by atoms with E-state index in [4.69, 9.17) is 10.8 Å². The van der Waals surface area contributed by atoms with Crippen LogP contribution in [0.1, 0.15) is 75.3 Å². The van der Waals surface area contributed by atoms with Crippen LogP contribution in [0.5, 0.6) is 0 Å². The SMILES string of the molecule is CCCN(CCC1=C[CH]1)C(=O)N1CCc2cc(F)c(C(=O)NC3(C)C=CC=C(C(=N)N4CCCCC4=N)C3)cc2C1.[HH]. The number of hydrogen-bond donors (Lipinski definition) is 3. The lowest BCUT2D eigenvalue weighted by atomic mass is 9.86. The molecule has 1 aromatic carbocycles. The number of carbonyl (C=O) groups excluding carboxylic acids is 2. The summed E-state index contributed by atoms with van der Waals surface area (Å²) >= 11 is 0. The molecule has 1 fully saturated rings. The summed E-state index contributed by atoms with van der Waals surface area (Å²) < 4.78 is 15.2. The number of rotatable bonds is 8. The molecule has 2 aliphatic carbocycles. The third kappa shape index (κ3) is 6.60. The first-order valence-electron chi connectivity index (χ1n) is 14.7. The largest absolute Gasteiger partial charge is 0.343 e. The number of likely N-dealkylation sites (tertiary alicyclic amines) is 1. The molecule has 1 atom stereocenters. The molecular weight excluding hydrogens is 519 g/mol. The van der Waals surface area contributed by atoms with E-state index in [1.54, 1.807) is 15.9 Å². The second-order valence-corrected chi connectivity index (χ2v) is 11.7. The number of urea groups is 1. The second kappa shape index (κ2) is 12.0. The molecule has 4 aliphatic rings.